The van der Waals surface area contributed by atoms with Crippen LogP contribution in [-0.4, -0.2) is 16.3 Å². The molecule has 0 aliphatic heterocycles. The molecule has 0 aromatic rings. The minimum Gasteiger partial charge on any atom is -0.357 e. The van der Waals surface area contributed by atoms with E-state index >= 15 is 0 Å². The van der Waals surface area contributed by atoms with E-state index in [1.165, 1.54) is 12.8 Å². The van der Waals surface area contributed by atoms with Gasteiger partial charge in [0.2, 0.25) is 0 Å². The molecule has 0 aliphatic rings. The Hall–Kier alpha value is 0.960. The molecule has 1 nitrogen and oxygen atoms in total. The molecule has 0 rings (SSSR count). The Bertz CT molecular complexity index is 182. The summed E-state index contributed by atoms with van der Waals surface area (Å²) in [6, 6.07) is 0. The van der Waals surface area contributed by atoms with E-state index in [0.29, 0.717) is 5.92 Å². The van der Waals surface area contributed by atoms with Crippen molar-refractivity contribution in [3.8, 4) is 0 Å². The van der Waals surface area contributed by atoms with Gasteiger partial charge in [-0.1, -0.05) is 63.7 Å². The highest BCUT2D eigenvalue weighted by atomic mass is 32.9. The lowest BCUT2D eigenvalue weighted by molar-refractivity contribution is 0.584. The van der Waals surface area contributed by atoms with Crippen molar-refractivity contribution in [2.75, 3.05) is 5.75 Å². The van der Waals surface area contributed by atoms with Gasteiger partial charge < -0.3 is 4.89 Å². The molecular weight excluding hydrogens is 219 g/mol. The van der Waals surface area contributed by atoms with E-state index in [1.54, 1.807) is 11.4 Å². The summed E-state index contributed by atoms with van der Waals surface area (Å²) in [6.07, 6.45) is 2.46. The topological polar surface area (TPSA) is 20.2 Å². The molecule has 0 aromatic heterocycles. The van der Waals surface area contributed by atoms with Crippen LogP contribution in [0.15, 0.2) is 0 Å². The van der Waals surface area contributed by atoms with Crippen LogP contribution < -0.4 is 0 Å². The monoisotopic (exact) mass is 240 g/mol. The van der Waals surface area contributed by atoms with Gasteiger partial charge in [0.25, 0.3) is 0 Å². The lowest BCUT2D eigenvalue weighted by Gasteiger charge is -2.20. The number of hydrogen-bond donors (Lipinski definition) is 1. The molecule has 2 atom stereocenters. The van der Waals surface area contributed by atoms with Gasteiger partial charge in [0.05, 0.1) is 0 Å². The lowest BCUT2D eigenvalue weighted by atomic mass is 10.1. The molecule has 4 heteroatoms. The molecule has 0 heterocycles. The molecule has 0 radical (unpaired) electrons. The standard InChI is InChI=1S/C9H21OPS2/c1-5-6-9(4)7-13-11(10,12)8(2)3/h8-9H,5-7H2,1-4H3,(H,10,12). The van der Waals surface area contributed by atoms with Gasteiger partial charge >= 0.3 is 0 Å². The number of rotatable bonds is 6. The maximum absolute atomic E-state index is 9.90. The van der Waals surface area contributed by atoms with E-state index in [-0.39, 0.29) is 5.66 Å². The average molecular weight is 240 g/mol. The first-order valence-electron chi connectivity index (χ1n) is 4.87. The summed E-state index contributed by atoms with van der Waals surface area (Å²) >= 11 is 6.82. The summed E-state index contributed by atoms with van der Waals surface area (Å²) < 4.78 is 0. The van der Waals surface area contributed by atoms with Crippen LogP contribution in [-0.2, 0) is 11.8 Å². The van der Waals surface area contributed by atoms with Crippen LogP contribution in [0.3, 0.4) is 0 Å². The number of hydrogen-bond acceptors (Lipinski definition) is 2. The zero-order valence-electron chi connectivity index (χ0n) is 8.99. The quantitative estimate of drug-likeness (QED) is 0.712. The molecule has 0 fully saturated rings. The van der Waals surface area contributed by atoms with Crippen LogP contribution in [0.25, 0.3) is 0 Å². The van der Waals surface area contributed by atoms with Gasteiger partial charge in [0.1, 0.15) is 5.47 Å². The fraction of sp³-hybridized carbons (Fsp3) is 1.00. The van der Waals surface area contributed by atoms with E-state index in [4.69, 9.17) is 11.8 Å². The van der Waals surface area contributed by atoms with Crippen LogP contribution in [0.1, 0.15) is 40.5 Å². The van der Waals surface area contributed by atoms with Crippen molar-refractivity contribution in [2.45, 2.75) is 46.2 Å². The van der Waals surface area contributed by atoms with Gasteiger partial charge in [-0.3, -0.25) is 0 Å². The Morgan fingerprint density at radius 2 is 1.92 bits per heavy atom. The highest BCUT2D eigenvalue weighted by Crippen LogP contribution is 2.59. The van der Waals surface area contributed by atoms with Crippen molar-refractivity contribution < 1.29 is 4.89 Å². The molecule has 0 saturated heterocycles. The van der Waals surface area contributed by atoms with Crippen molar-refractivity contribution in [3.63, 3.8) is 0 Å². The molecule has 0 aromatic carbocycles. The Kier molecular flexibility index (Phi) is 6.92. The van der Waals surface area contributed by atoms with Crippen LogP contribution in [0.2, 0.25) is 0 Å². The molecule has 2 unspecified atom stereocenters. The molecule has 0 bridgehead atoms. The summed E-state index contributed by atoms with van der Waals surface area (Å²) in [5.74, 6) is 1.70. The van der Waals surface area contributed by atoms with E-state index < -0.39 is 5.47 Å². The van der Waals surface area contributed by atoms with E-state index in [1.807, 2.05) is 13.8 Å². The summed E-state index contributed by atoms with van der Waals surface area (Å²) in [5.41, 5.74) is -1.84. The highest BCUT2D eigenvalue weighted by molar-refractivity contribution is 8.69. The highest BCUT2D eigenvalue weighted by Gasteiger charge is 2.19. The fourth-order valence-electron chi connectivity index (χ4n) is 0.959. The largest absolute Gasteiger partial charge is 0.357 e. The maximum atomic E-state index is 9.90. The Labute approximate surface area is 91.5 Å². The summed E-state index contributed by atoms with van der Waals surface area (Å²) in [5, 5.41) is 0. The Morgan fingerprint density at radius 3 is 2.31 bits per heavy atom. The zero-order valence-corrected chi connectivity index (χ0v) is 11.5. The fourth-order valence-corrected chi connectivity index (χ4v) is 4.74. The second kappa shape index (κ2) is 6.44. The first-order chi connectivity index (χ1) is 5.90. The Morgan fingerprint density at radius 1 is 1.38 bits per heavy atom. The van der Waals surface area contributed by atoms with Gasteiger partial charge in [-0.2, -0.15) is 0 Å². The minimum atomic E-state index is -2.09. The van der Waals surface area contributed by atoms with Gasteiger partial charge in [-0.05, 0) is 5.92 Å². The van der Waals surface area contributed by atoms with Crippen molar-refractivity contribution in [3.05, 3.63) is 0 Å². The van der Waals surface area contributed by atoms with Crippen molar-refractivity contribution in [2.24, 2.45) is 5.92 Å². The van der Waals surface area contributed by atoms with Crippen molar-refractivity contribution >= 4 is 28.7 Å². The van der Waals surface area contributed by atoms with Crippen LogP contribution >= 0.6 is 16.8 Å². The summed E-state index contributed by atoms with van der Waals surface area (Å²) in [6.45, 7) is 8.45. The van der Waals surface area contributed by atoms with Gasteiger partial charge in [-0.15, -0.1) is 0 Å². The third kappa shape index (κ3) is 6.11. The molecule has 80 valence electrons. The van der Waals surface area contributed by atoms with Gasteiger partial charge in [-0.25, -0.2) is 0 Å². The second-order valence-corrected chi connectivity index (χ2v) is 11.4. The van der Waals surface area contributed by atoms with Crippen LogP contribution in [0.5, 0.6) is 0 Å². The van der Waals surface area contributed by atoms with Crippen molar-refractivity contribution in [1.82, 2.24) is 0 Å². The third-order valence-corrected chi connectivity index (χ3v) is 9.41. The predicted octanol–water partition coefficient (Wildman–Crippen LogP) is 3.87. The maximum Gasteiger partial charge on any atom is 0.119 e. The Balaban J connectivity index is 3.81. The van der Waals surface area contributed by atoms with Gasteiger partial charge in [0, 0.05) is 11.4 Å². The summed E-state index contributed by atoms with van der Waals surface area (Å²) in [7, 11) is 0. The zero-order chi connectivity index (χ0) is 10.5. The molecule has 0 aliphatic carbocycles. The van der Waals surface area contributed by atoms with E-state index in [0.717, 1.165) is 5.75 Å². The average Bonchev–Trinajstić information content (AvgIpc) is 2.01. The molecule has 0 saturated carbocycles. The van der Waals surface area contributed by atoms with Crippen LogP contribution in [0, 0.1) is 5.92 Å². The first kappa shape index (κ1) is 14.0. The molecule has 13 heavy (non-hydrogen) atoms. The van der Waals surface area contributed by atoms with Crippen LogP contribution in [0.4, 0.5) is 0 Å². The minimum absolute atomic E-state index is 0.251. The van der Waals surface area contributed by atoms with Gasteiger partial charge in [0.15, 0.2) is 0 Å². The molecule has 0 amide bonds. The normalized spacial score (nSPS) is 18.6. The summed E-state index contributed by atoms with van der Waals surface area (Å²) in [4.78, 5) is 9.90. The first-order valence-corrected chi connectivity index (χ1v) is 9.28. The molecular formula is C9H21OPS2. The molecule has 1 N–H and O–H groups in total. The van der Waals surface area contributed by atoms with E-state index in [2.05, 4.69) is 13.8 Å². The predicted molar refractivity (Wildman–Crippen MR) is 68.2 cm³/mol. The van der Waals surface area contributed by atoms with Crippen molar-refractivity contribution in [1.29, 1.82) is 0 Å². The second-order valence-electron chi connectivity index (χ2n) is 3.85. The van der Waals surface area contributed by atoms with E-state index in [9.17, 15) is 4.89 Å². The smallest absolute Gasteiger partial charge is 0.119 e. The molecule has 0 spiro atoms. The SMILES string of the molecule is CCCC(C)CSP(O)(=S)C(C)C. The lowest BCUT2D eigenvalue weighted by Crippen LogP contribution is -2.00. The third-order valence-electron chi connectivity index (χ3n) is 1.98.